The number of hydrogen-bond acceptors (Lipinski definition) is 15. The van der Waals surface area contributed by atoms with Crippen LogP contribution >= 0.6 is 36.0 Å². The van der Waals surface area contributed by atoms with Crippen LogP contribution in [-0.2, 0) is 55.2 Å². The van der Waals surface area contributed by atoms with Crippen molar-refractivity contribution in [2.75, 3.05) is 50.0 Å². The number of anilines is 2. The van der Waals surface area contributed by atoms with E-state index in [0.29, 0.717) is 47.2 Å². The fraction of sp³-hybridized carbons (Fsp3) is 0.558. The molecule has 9 unspecified atom stereocenters. The van der Waals surface area contributed by atoms with Crippen molar-refractivity contribution in [2.45, 2.75) is 140 Å². The maximum absolute atomic E-state index is 14.3. The molecule has 19 nitrogen and oxygen atoms in total. The summed E-state index contributed by atoms with van der Waals surface area (Å²) in [7, 11) is 5.82. The predicted molar refractivity (Wildman–Crippen MR) is 287 cm³/mol. The van der Waals surface area contributed by atoms with Gasteiger partial charge in [-0.05, 0) is 101 Å². The van der Waals surface area contributed by atoms with Crippen LogP contribution in [0.1, 0.15) is 91.2 Å². The van der Waals surface area contributed by atoms with Gasteiger partial charge in [-0.2, -0.15) is 24.4 Å². The van der Waals surface area contributed by atoms with E-state index in [1.54, 1.807) is 43.3 Å². The maximum Gasteiger partial charge on any atom is 0.409 e. The van der Waals surface area contributed by atoms with Gasteiger partial charge in [-0.15, -0.1) is 0 Å². The molecule has 2 aliphatic heterocycles. The van der Waals surface area contributed by atoms with E-state index in [0.717, 1.165) is 16.7 Å². The minimum absolute atomic E-state index is 0.0655. The van der Waals surface area contributed by atoms with Crippen LogP contribution in [0.5, 0.6) is 5.75 Å². The third-order valence-corrected chi connectivity index (χ3v) is 14.8. The van der Waals surface area contributed by atoms with Crippen LogP contribution in [0.25, 0.3) is 0 Å². The number of amides is 6. The first-order chi connectivity index (χ1) is 34.8. The first-order valence-corrected chi connectivity index (χ1v) is 26.6. The van der Waals surface area contributed by atoms with E-state index in [9.17, 15) is 43.8 Å². The number of aliphatic hydroxyl groups is 2. The monoisotopic (exact) mass is 1090 g/mol. The van der Waals surface area contributed by atoms with Crippen LogP contribution in [0.4, 0.5) is 16.2 Å². The molecule has 9 atom stereocenters. The number of alkyl carbamates (subject to hydrolysis) is 1. The second kappa shape index (κ2) is 28.0. The lowest BCUT2D eigenvalue weighted by Crippen LogP contribution is -2.63. The molecule has 2 heterocycles. The number of likely N-dealkylation sites (N-methyl/N-ethyl adjacent to an activating group) is 1. The molecular weight excluding hydrogens is 1020 g/mol. The van der Waals surface area contributed by atoms with Crippen molar-refractivity contribution in [2.24, 2.45) is 5.92 Å². The highest BCUT2D eigenvalue weighted by molar-refractivity contribution is 7.98. The summed E-state index contributed by atoms with van der Waals surface area (Å²) in [5, 5.41) is 34.7. The minimum atomic E-state index is -1.95. The Kier molecular flexibility index (Phi) is 23.2. The molecule has 6 amide bonds. The molecule has 2 aliphatic rings. The summed E-state index contributed by atoms with van der Waals surface area (Å²) < 4.78 is 22.8. The number of ether oxygens (including phenoxy) is 4. The summed E-state index contributed by atoms with van der Waals surface area (Å²) in [4.78, 5) is 94.6. The number of methoxy groups -OCH3 is 2. The van der Waals surface area contributed by atoms with Gasteiger partial charge < -0.3 is 54.9 Å². The smallest absolute Gasteiger partial charge is 0.409 e. The van der Waals surface area contributed by atoms with Crippen molar-refractivity contribution in [3.05, 3.63) is 76.3 Å². The number of halogens is 1. The standard InChI is InChI=1S/C52H73ClN6O13S2/c1-30-13-11-14-41(70-10)52(68)28-40(71-50(66)57-52)31(2)27-51(6,67)42(26-45(62)59(8)38-24-36(23-30)25-39(69-9)46(38)53)72-49(65)34(5)58(7)44(61)20-22-74-29-35-16-18-37(19-17-35)56-48(64)33(4)55-47(63)32(3)54-43(60)15-12-21-73/h11,13-14,16-19,24-25,31-34,40-42,67-68,73H,12,15,20-23,26-29H2,1-10H3,(H,54,60)(H,55,63)(H,56,64)(H,57,66)/b14-11+,30-13+. The molecule has 0 aliphatic carbocycles. The quantitative estimate of drug-likeness (QED) is 0.0555. The summed E-state index contributed by atoms with van der Waals surface area (Å²) in [6.45, 7) is 9.55. The van der Waals surface area contributed by atoms with E-state index >= 15 is 0 Å². The van der Waals surface area contributed by atoms with Crippen LogP contribution < -0.4 is 30.9 Å². The molecule has 1 fully saturated rings. The fourth-order valence-electron chi connectivity index (χ4n) is 8.34. The number of thiol groups is 1. The molecule has 4 rings (SSSR count). The third-order valence-electron chi connectivity index (χ3n) is 13.0. The number of fused-ring (bicyclic) bond motifs is 4. The average molecular weight is 1090 g/mol. The van der Waals surface area contributed by atoms with Crippen molar-refractivity contribution in [3.8, 4) is 5.75 Å². The molecule has 6 N–H and O–H groups in total. The largest absolute Gasteiger partial charge is 0.495 e. The highest BCUT2D eigenvalue weighted by atomic mass is 35.5. The van der Waals surface area contributed by atoms with Crippen LogP contribution in [-0.4, -0.2) is 144 Å². The Labute approximate surface area is 448 Å². The van der Waals surface area contributed by atoms with Crippen LogP contribution in [0.3, 0.4) is 0 Å². The number of allylic oxidation sites excluding steroid dienone is 3. The van der Waals surface area contributed by atoms with Gasteiger partial charge in [0, 0.05) is 57.7 Å². The maximum atomic E-state index is 14.3. The number of nitrogens with one attached hydrogen (secondary N) is 4. The molecule has 4 bridgehead atoms. The summed E-state index contributed by atoms with van der Waals surface area (Å²) >= 11 is 12.4. The number of rotatable bonds is 18. The topological polar surface area (TPSA) is 251 Å². The highest BCUT2D eigenvalue weighted by Crippen LogP contribution is 2.38. The van der Waals surface area contributed by atoms with E-state index in [4.69, 9.17) is 30.5 Å². The molecule has 0 aromatic heterocycles. The molecule has 74 heavy (non-hydrogen) atoms. The number of benzene rings is 2. The molecule has 1 saturated heterocycles. The van der Waals surface area contributed by atoms with Gasteiger partial charge in [0.25, 0.3) is 0 Å². The Hall–Kier alpha value is -5.32. The van der Waals surface area contributed by atoms with E-state index in [2.05, 4.69) is 33.9 Å². The summed E-state index contributed by atoms with van der Waals surface area (Å²) in [5.74, 6) is -1.92. The first-order valence-electron chi connectivity index (χ1n) is 24.4. The van der Waals surface area contributed by atoms with Crippen molar-refractivity contribution in [1.82, 2.24) is 20.9 Å². The number of esters is 1. The number of thioether (sulfide) groups is 1. The molecule has 2 aromatic carbocycles. The van der Waals surface area contributed by atoms with Crippen molar-refractivity contribution in [3.63, 3.8) is 0 Å². The van der Waals surface area contributed by atoms with Gasteiger partial charge in [-0.25, -0.2) is 9.59 Å². The van der Waals surface area contributed by atoms with Gasteiger partial charge in [0.15, 0.2) is 5.72 Å². The van der Waals surface area contributed by atoms with E-state index in [1.807, 2.05) is 25.1 Å². The highest BCUT2D eigenvalue weighted by Gasteiger charge is 2.49. The van der Waals surface area contributed by atoms with Crippen molar-refractivity contribution < 1.29 is 62.7 Å². The molecule has 0 spiro atoms. The van der Waals surface area contributed by atoms with Gasteiger partial charge in [-0.1, -0.05) is 54.5 Å². The van der Waals surface area contributed by atoms with Crippen molar-refractivity contribution in [1.29, 1.82) is 0 Å². The molecule has 2 aromatic rings. The fourth-order valence-corrected chi connectivity index (χ4v) is 9.71. The molecule has 0 saturated carbocycles. The summed E-state index contributed by atoms with van der Waals surface area (Å²) in [5.41, 5.74) is -0.497. The Morgan fingerprint density at radius 1 is 1.03 bits per heavy atom. The lowest BCUT2D eigenvalue weighted by Gasteiger charge is -2.43. The molecule has 0 radical (unpaired) electrons. The number of carbonyl (C=O) groups is 7. The van der Waals surface area contributed by atoms with E-state index in [-0.39, 0.29) is 42.5 Å². The lowest BCUT2D eigenvalue weighted by atomic mass is 9.81. The predicted octanol–water partition coefficient (Wildman–Crippen LogP) is 5.48. The second-order valence-electron chi connectivity index (χ2n) is 19.2. The first kappa shape index (κ1) is 61.2. The summed E-state index contributed by atoms with van der Waals surface area (Å²) in [6.07, 6.45) is 1.22. The normalized spacial score (nSPS) is 24.8. The SMILES string of the molecule is COc1cc2cc(c1Cl)N(C)C(=O)CC(OC(=O)C(C)N(C)C(=O)CCSCc1ccc(NC(=O)C(C)NC(=O)C(C)NC(=O)CCCS)cc1)C(C)(O)CC(C)C1CC(O)(NC(=O)O1)C(OC)/C=C/C=C(\C)C2. The minimum Gasteiger partial charge on any atom is -0.495 e. The van der Waals surface area contributed by atoms with Gasteiger partial charge >= 0.3 is 12.1 Å². The Morgan fingerprint density at radius 2 is 1.70 bits per heavy atom. The zero-order valence-corrected chi connectivity index (χ0v) is 46.3. The van der Waals surface area contributed by atoms with Crippen molar-refractivity contribution >= 4 is 89.0 Å². The lowest BCUT2D eigenvalue weighted by molar-refractivity contribution is -0.176. The van der Waals surface area contributed by atoms with Crippen LogP contribution in [0.15, 0.2) is 60.2 Å². The van der Waals surface area contributed by atoms with Gasteiger partial charge in [0.2, 0.25) is 29.5 Å². The zero-order chi connectivity index (χ0) is 55.1. The Bertz CT molecular complexity index is 2390. The Morgan fingerprint density at radius 3 is 2.35 bits per heavy atom. The number of carbonyl (C=O) groups excluding carboxylic acids is 7. The number of hydrogen-bond donors (Lipinski definition) is 7. The number of nitrogens with zero attached hydrogens (tertiary/aromatic N) is 2. The van der Waals surface area contributed by atoms with Crippen LogP contribution in [0.2, 0.25) is 5.02 Å². The van der Waals surface area contributed by atoms with E-state index < -0.39 is 89.9 Å². The van der Waals surface area contributed by atoms with Crippen LogP contribution in [0, 0.1) is 5.92 Å². The van der Waals surface area contributed by atoms with E-state index in [1.165, 1.54) is 77.6 Å². The third kappa shape index (κ3) is 17.4. The zero-order valence-electron chi connectivity index (χ0n) is 43.8. The van der Waals surface area contributed by atoms with Gasteiger partial charge in [0.05, 0.1) is 24.8 Å². The molecule has 408 valence electrons. The van der Waals surface area contributed by atoms with Gasteiger partial charge in [0.1, 0.15) is 47.2 Å². The summed E-state index contributed by atoms with van der Waals surface area (Å²) in [6, 6.07) is 7.73. The molecule has 22 heteroatoms. The average Bonchev–Trinajstić information content (AvgIpc) is 3.34. The second-order valence-corrected chi connectivity index (χ2v) is 21.1. The van der Waals surface area contributed by atoms with Gasteiger partial charge in [-0.3, -0.25) is 29.3 Å². The molecular formula is C52H73ClN6O13S2. The Balaban J connectivity index is 1.43.